The molecule has 1 amide bonds. The van der Waals surface area contributed by atoms with Gasteiger partial charge in [-0.2, -0.15) is 0 Å². The third-order valence-corrected chi connectivity index (χ3v) is 4.50. The van der Waals surface area contributed by atoms with Gasteiger partial charge in [0.1, 0.15) is 5.75 Å². The number of amides is 1. The van der Waals surface area contributed by atoms with Crippen LogP contribution in [-0.4, -0.2) is 40.9 Å². The monoisotopic (exact) mass is 381 g/mol. The number of hydrogen-bond donors (Lipinski definition) is 1. The molecular formula is C22H23NO5. The van der Waals surface area contributed by atoms with Gasteiger partial charge in [-0.1, -0.05) is 30.3 Å². The first-order chi connectivity index (χ1) is 13.6. The van der Waals surface area contributed by atoms with E-state index in [9.17, 15) is 4.79 Å². The third kappa shape index (κ3) is 3.67. The highest BCUT2D eigenvalue weighted by atomic mass is 16.5. The molecule has 146 valence electrons. The first-order valence-electron chi connectivity index (χ1n) is 8.78. The number of methoxy groups -OCH3 is 3. The molecule has 6 nitrogen and oxygen atoms in total. The van der Waals surface area contributed by atoms with E-state index in [0.717, 1.165) is 21.9 Å². The minimum atomic E-state index is -0.183. The largest absolute Gasteiger partial charge is 0.493 e. The Morgan fingerprint density at radius 2 is 1.50 bits per heavy atom. The molecule has 0 atom stereocenters. The zero-order valence-corrected chi connectivity index (χ0v) is 16.4. The van der Waals surface area contributed by atoms with Crippen LogP contribution >= 0.6 is 0 Å². The Labute approximate surface area is 164 Å². The maximum absolute atomic E-state index is 11.5. The fourth-order valence-electron chi connectivity index (χ4n) is 3.10. The van der Waals surface area contributed by atoms with E-state index in [-0.39, 0.29) is 12.5 Å². The highest BCUT2D eigenvalue weighted by Crippen LogP contribution is 2.43. The molecule has 3 aromatic carbocycles. The Balaban J connectivity index is 2.13. The normalized spacial score (nSPS) is 10.4. The summed E-state index contributed by atoms with van der Waals surface area (Å²) in [5.41, 5.74) is 1.91. The quantitative estimate of drug-likeness (QED) is 0.677. The van der Waals surface area contributed by atoms with Crippen LogP contribution in [0.4, 0.5) is 0 Å². The number of ether oxygens (including phenoxy) is 4. The number of rotatable bonds is 7. The van der Waals surface area contributed by atoms with Gasteiger partial charge in [0.2, 0.25) is 5.75 Å². The summed E-state index contributed by atoms with van der Waals surface area (Å²) in [7, 11) is 6.34. The SMILES string of the molecule is CNC(=O)COc1ccc(-c2cc(OC)c(OC)c(OC)c2)c2ccccc12. The minimum absolute atomic E-state index is 0.0377. The van der Waals surface area contributed by atoms with Crippen molar-refractivity contribution in [3.8, 4) is 34.1 Å². The number of nitrogens with one attached hydrogen (secondary N) is 1. The van der Waals surface area contributed by atoms with Gasteiger partial charge in [0, 0.05) is 12.4 Å². The van der Waals surface area contributed by atoms with Crippen LogP contribution in [0.25, 0.3) is 21.9 Å². The van der Waals surface area contributed by atoms with Crippen molar-refractivity contribution < 1.29 is 23.7 Å². The number of carbonyl (C=O) groups is 1. The van der Waals surface area contributed by atoms with Crippen LogP contribution in [0.2, 0.25) is 0 Å². The highest BCUT2D eigenvalue weighted by molar-refractivity contribution is 6.00. The molecule has 0 saturated heterocycles. The van der Waals surface area contributed by atoms with Crippen LogP contribution in [0.1, 0.15) is 0 Å². The number of hydrogen-bond acceptors (Lipinski definition) is 5. The standard InChI is InChI=1S/C22H23NO5/c1-23-21(24)13-28-18-10-9-15(16-7-5-6-8-17(16)18)14-11-19(25-2)22(27-4)20(12-14)26-3/h5-12H,13H2,1-4H3,(H,23,24). The number of carbonyl (C=O) groups excluding carboxylic acids is 1. The van der Waals surface area contributed by atoms with E-state index in [0.29, 0.717) is 23.0 Å². The molecule has 0 heterocycles. The summed E-state index contributed by atoms with van der Waals surface area (Å²) >= 11 is 0. The van der Waals surface area contributed by atoms with Crippen molar-refractivity contribution in [2.75, 3.05) is 35.0 Å². The summed E-state index contributed by atoms with van der Waals surface area (Å²) in [6.07, 6.45) is 0. The molecule has 6 heteroatoms. The van der Waals surface area contributed by atoms with Crippen molar-refractivity contribution in [3.05, 3.63) is 48.5 Å². The van der Waals surface area contributed by atoms with Crippen LogP contribution in [0, 0.1) is 0 Å². The lowest BCUT2D eigenvalue weighted by atomic mass is 9.97. The van der Waals surface area contributed by atoms with E-state index in [4.69, 9.17) is 18.9 Å². The molecule has 0 bridgehead atoms. The third-order valence-electron chi connectivity index (χ3n) is 4.50. The summed E-state index contributed by atoms with van der Waals surface area (Å²) in [6, 6.07) is 15.5. The summed E-state index contributed by atoms with van der Waals surface area (Å²) in [4.78, 5) is 11.5. The summed E-state index contributed by atoms with van der Waals surface area (Å²) in [5, 5.41) is 4.46. The smallest absolute Gasteiger partial charge is 0.257 e. The Morgan fingerprint density at radius 1 is 0.857 bits per heavy atom. The zero-order chi connectivity index (χ0) is 20.1. The predicted octanol–water partition coefficient (Wildman–Crippen LogP) is 3.66. The lowest BCUT2D eigenvalue weighted by molar-refractivity contribution is -0.122. The van der Waals surface area contributed by atoms with Gasteiger partial charge in [0.25, 0.3) is 5.91 Å². The van der Waals surface area contributed by atoms with E-state index >= 15 is 0 Å². The molecular weight excluding hydrogens is 358 g/mol. The molecule has 0 aliphatic rings. The van der Waals surface area contributed by atoms with Gasteiger partial charge in [0.15, 0.2) is 18.1 Å². The highest BCUT2D eigenvalue weighted by Gasteiger charge is 2.16. The Morgan fingerprint density at radius 3 is 2.07 bits per heavy atom. The maximum Gasteiger partial charge on any atom is 0.257 e. The van der Waals surface area contributed by atoms with E-state index in [1.54, 1.807) is 28.4 Å². The van der Waals surface area contributed by atoms with E-state index in [1.807, 2.05) is 48.5 Å². The molecule has 3 aromatic rings. The van der Waals surface area contributed by atoms with Gasteiger partial charge in [-0.3, -0.25) is 4.79 Å². The second-order valence-corrected chi connectivity index (χ2v) is 6.03. The van der Waals surface area contributed by atoms with Gasteiger partial charge in [-0.15, -0.1) is 0 Å². The van der Waals surface area contributed by atoms with Gasteiger partial charge in [0.05, 0.1) is 21.3 Å². The molecule has 3 rings (SSSR count). The number of benzene rings is 3. The van der Waals surface area contributed by atoms with Crippen LogP contribution in [0.5, 0.6) is 23.0 Å². The van der Waals surface area contributed by atoms with Gasteiger partial charge in [-0.05, 0) is 34.7 Å². The van der Waals surface area contributed by atoms with Crippen molar-refractivity contribution in [2.24, 2.45) is 0 Å². The first kappa shape index (κ1) is 19.4. The molecule has 0 unspecified atom stereocenters. The average Bonchev–Trinajstić information content (AvgIpc) is 2.75. The topological polar surface area (TPSA) is 66.0 Å². The molecule has 0 radical (unpaired) electrons. The van der Waals surface area contributed by atoms with Crippen LogP contribution in [0.3, 0.4) is 0 Å². The second-order valence-electron chi connectivity index (χ2n) is 6.03. The van der Waals surface area contributed by atoms with Gasteiger partial charge < -0.3 is 24.3 Å². The Kier molecular flexibility index (Phi) is 5.89. The molecule has 0 aliphatic carbocycles. The maximum atomic E-state index is 11.5. The van der Waals surface area contributed by atoms with E-state index < -0.39 is 0 Å². The van der Waals surface area contributed by atoms with Crippen LogP contribution in [0.15, 0.2) is 48.5 Å². The van der Waals surface area contributed by atoms with E-state index in [1.165, 1.54) is 0 Å². The van der Waals surface area contributed by atoms with Crippen molar-refractivity contribution in [3.63, 3.8) is 0 Å². The summed E-state index contributed by atoms with van der Waals surface area (Å²) < 4.78 is 22.1. The zero-order valence-electron chi connectivity index (χ0n) is 16.4. The summed E-state index contributed by atoms with van der Waals surface area (Å²) in [6.45, 7) is -0.0377. The van der Waals surface area contributed by atoms with Gasteiger partial charge in [-0.25, -0.2) is 0 Å². The molecule has 0 aliphatic heterocycles. The minimum Gasteiger partial charge on any atom is -0.493 e. The molecule has 0 spiro atoms. The molecule has 0 saturated carbocycles. The predicted molar refractivity (Wildman–Crippen MR) is 109 cm³/mol. The van der Waals surface area contributed by atoms with E-state index in [2.05, 4.69) is 5.32 Å². The van der Waals surface area contributed by atoms with Crippen molar-refractivity contribution in [1.29, 1.82) is 0 Å². The lowest BCUT2D eigenvalue weighted by Crippen LogP contribution is -2.24. The van der Waals surface area contributed by atoms with Crippen LogP contribution < -0.4 is 24.3 Å². The van der Waals surface area contributed by atoms with Crippen LogP contribution in [-0.2, 0) is 4.79 Å². The molecule has 0 aromatic heterocycles. The lowest BCUT2D eigenvalue weighted by Gasteiger charge is -2.16. The fourth-order valence-corrected chi connectivity index (χ4v) is 3.10. The summed E-state index contributed by atoms with van der Waals surface area (Å²) in [5.74, 6) is 2.18. The Bertz CT molecular complexity index is 974. The fraction of sp³-hybridized carbons (Fsp3) is 0.227. The molecule has 1 N–H and O–H groups in total. The molecule has 28 heavy (non-hydrogen) atoms. The van der Waals surface area contributed by atoms with Crippen molar-refractivity contribution >= 4 is 16.7 Å². The van der Waals surface area contributed by atoms with Crippen molar-refractivity contribution in [2.45, 2.75) is 0 Å². The number of likely N-dealkylation sites (N-methyl/N-ethyl adjacent to an activating group) is 1. The van der Waals surface area contributed by atoms with Gasteiger partial charge >= 0.3 is 0 Å². The van der Waals surface area contributed by atoms with Crippen molar-refractivity contribution in [1.82, 2.24) is 5.32 Å². The Hall–Kier alpha value is -3.41. The average molecular weight is 381 g/mol. The molecule has 0 fully saturated rings. The first-order valence-corrected chi connectivity index (χ1v) is 8.78. The number of fused-ring (bicyclic) bond motifs is 1. The second kappa shape index (κ2) is 8.52.